The molecule has 1 aromatic rings. The van der Waals surface area contributed by atoms with Gasteiger partial charge in [0.1, 0.15) is 5.75 Å². The number of nitrogens with two attached hydrogens (primary N) is 1. The summed E-state index contributed by atoms with van der Waals surface area (Å²) in [5.41, 5.74) is 8.15. The average molecular weight is 260 g/mol. The second kappa shape index (κ2) is 5.04. The van der Waals surface area contributed by atoms with E-state index in [4.69, 9.17) is 5.73 Å². The largest absolute Gasteiger partial charge is 0.508 e. The lowest BCUT2D eigenvalue weighted by atomic mass is 9.77. The lowest BCUT2D eigenvalue weighted by Gasteiger charge is -2.39. The van der Waals surface area contributed by atoms with Crippen molar-refractivity contribution in [1.82, 2.24) is 4.90 Å². The summed E-state index contributed by atoms with van der Waals surface area (Å²) in [7, 11) is 0. The maximum Gasteiger partial charge on any atom is 0.120 e. The van der Waals surface area contributed by atoms with Crippen molar-refractivity contribution in [2.24, 2.45) is 5.41 Å². The number of nitrogen functional groups attached to an aromatic ring is 1. The number of piperidine rings is 1. The molecule has 3 rings (SSSR count). The van der Waals surface area contributed by atoms with Gasteiger partial charge in [0.25, 0.3) is 0 Å². The summed E-state index contributed by atoms with van der Waals surface area (Å²) >= 11 is 0. The van der Waals surface area contributed by atoms with Crippen LogP contribution in [0.2, 0.25) is 0 Å². The molecule has 104 valence electrons. The first-order chi connectivity index (χ1) is 9.17. The van der Waals surface area contributed by atoms with E-state index in [2.05, 4.69) is 4.90 Å². The highest BCUT2D eigenvalue weighted by Crippen LogP contribution is 2.46. The Bertz CT molecular complexity index is 442. The molecule has 0 bridgehead atoms. The Morgan fingerprint density at radius 2 is 1.79 bits per heavy atom. The van der Waals surface area contributed by atoms with Gasteiger partial charge in [-0.05, 0) is 62.4 Å². The van der Waals surface area contributed by atoms with Gasteiger partial charge in [-0.25, -0.2) is 0 Å². The van der Waals surface area contributed by atoms with Crippen LogP contribution in [0, 0.1) is 5.41 Å². The lowest BCUT2D eigenvalue weighted by molar-refractivity contribution is 0.103. The van der Waals surface area contributed by atoms with Crippen molar-refractivity contribution >= 4 is 5.69 Å². The van der Waals surface area contributed by atoms with E-state index >= 15 is 0 Å². The second-order valence-electron chi connectivity index (χ2n) is 6.37. The maximum atomic E-state index is 9.89. The molecule has 0 unspecified atom stereocenters. The zero-order valence-electron chi connectivity index (χ0n) is 11.6. The van der Waals surface area contributed by atoms with E-state index in [9.17, 15) is 5.11 Å². The molecule has 19 heavy (non-hydrogen) atoms. The van der Waals surface area contributed by atoms with E-state index in [0.717, 1.165) is 30.9 Å². The standard InChI is InChI=1S/C16H24N2O/c17-14-3-4-15(19)13(11-14)12-18-9-7-16(8-10-18)5-1-2-6-16/h3-4,11,19H,1-2,5-10,12,17H2. The molecule has 1 spiro atoms. The molecule has 0 radical (unpaired) electrons. The van der Waals surface area contributed by atoms with Crippen molar-refractivity contribution in [2.45, 2.75) is 45.1 Å². The Morgan fingerprint density at radius 1 is 1.11 bits per heavy atom. The lowest BCUT2D eigenvalue weighted by Crippen LogP contribution is -2.38. The minimum Gasteiger partial charge on any atom is -0.508 e. The van der Waals surface area contributed by atoms with Crippen LogP contribution in [0.3, 0.4) is 0 Å². The predicted octanol–water partition coefficient (Wildman–Crippen LogP) is 3.13. The van der Waals surface area contributed by atoms with E-state index in [1.807, 2.05) is 6.07 Å². The summed E-state index contributed by atoms with van der Waals surface area (Å²) in [5.74, 6) is 0.371. The SMILES string of the molecule is Nc1ccc(O)c(CN2CCC3(CCCC3)CC2)c1. The van der Waals surface area contributed by atoms with Crippen LogP contribution in [0.15, 0.2) is 18.2 Å². The van der Waals surface area contributed by atoms with Gasteiger partial charge in [-0.1, -0.05) is 12.8 Å². The minimum atomic E-state index is 0.371. The molecule has 1 aliphatic carbocycles. The number of phenols is 1. The first-order valence-electron chi connectivity index (χ1n) is 7.47. The quantitative estimate of drug-likeness (QED) is 0.634. The molecular formula is C16H24N2O. The Kier molecular flexibility index (Phi) is 3.40. The Balaban J connectivity index is 1.61. The van der Waals surface area contributed by atoms with Crippen LogP contribution in [0.5, 0.6) is 5.75 Å². The molecule has 1 aromatic carbocycles. The zero-order valence-corrected chi connectivity index (χ0v) is 11.6. The van der Waals surface area contributed by atoms with Crippen LogP contribution >= 0.6 is 0 Å². The number of aromatic hydroxyl groups is 1. The number of likely N-dealkylation sites (tertiary alicyclic amines) is 1. The molecule has 0 amide bonds. The zero-order chi connectivity index (χ0) is 13.3. The van der Waals surface area contributed by atoms with Gasteiger partial charge in [0.15, 0.2) is 0 Å². The maximum absolute atomic E-state index is 9.89. The summed E-state index contributed by atoms with van der Waals surface area (Å²) in [6.07, 6.45) is 8.38. The van der Waals surface area contributed by atoms with Crippen LogP contribution in [0.4, 0.5) is 5.69 Å². The number of phenolic OH excluding ortho intramolecular Hbond substituents is 1. The fourth-order valence-corrected chi connectivity index (χ4v) is 3.78. The first-order valence-corrected chi connectivity index (χ1v) is 7.47. The second-order valence-corrected chi connectivity index (χ2v) is 6.37. The monoisotopic (exact) mass is 260 g/mol. The summed E-state index contributed by atoms with van der Waals surface area (Å²) in [6, 6.07) is 5.35. The predicted molar refractivity (Wildman–Crippen MR) is 77.9 cm³/mol. The van der Waals surface area contributed by atoms with Crippen LogP contribution in [-0.4, -0.2) is 23.1 Å². The van der Waals surface area contributed by atoms with Crippen LogP contribution in [0.1, 0.15) is 44.1 Å². The van der Waals surface area contributed by atoms with Gasteiger partial charge in [0.2, 0.25) is 0 Å². The molecule has 0 atom stereocenters. The van der Waals surface area contributed by atoms with Crippen molar-refractivity contribution in [3.63, 3.8) is 0 Å². The first kappa shape index (κ1) is 12.8. The molecule has 2 aliphatic rings. The highest BCUT2D eigenvalue weighted by molar-refractivity contribution is 5.47. The molecule has 1 heterocycles. The highest BCUT2D eigenvalue weighted by atomic mass is 16.3. The molecule has 1 aliphatic heterocycles. The number of hydrogen-bond acceptors (Lipinski definition) is 3. The molecule has 2 fully saturated rings. The topological polar surface area (TPSA) is 49.5 Å². The third-order valence-corrected chi connectivity index (χ3v) is 5.08. The van der Waals surface area contributed by atoms with Crippen molar-refractivity contribution < 1.29 is 5.11 Å². The van der Waals surface area contributed by atoms with Gasteiger partial charge in [0.05, 0.1) is 0 Å². The number of benzene rings is 1. The third kappa shape index (κ3) is 2.71. The van der Waals surface area contributed by atoms with Gasteiger partial charge in [-0.3, -0.25) is 4.90 Å². The molecule has 3 N–H and O–H groups in total. The summed E-state index contributed by atoms with van der Waals surface area (Å²) < 4.78 is 0. The number of nitrogens with zero attached hydrogens (tertiary/aromatic N) is 1. The summed E-state index contributed by atoms with van der Waals surface area (Å²) in [4.78, 5) is 2.46. The molecule has 1 saturated carbocycles. The molecule has 1 saturated heterocycles. The fourth-order valence-electron chi connectivity index (χ4n) is 3.78. The van der Waals surface area contributed by atoms with Gasteiger partial charge >= 0.3 is 0 Å². The molecular weight excluding hydrogens is 236 g/mol. The fraction of sp³-hybridized carbons (Fsp3) is 0.625. The van der Waals surface area contributed by atoms with E-state index in [0.29, 0.717) is 11.2 Å². The van der Waals surface area contributed by atoms with Crippen LogP contribution in [-0.2, 0) is 6.54 Å². The number of anilines is 1. The Hall–Kier alpha value is -1.22. The van der Waals surface area contributed by atoms with E-state index in [1.54, 1.807) is 12.1 Å². The number of rotatable bonds is 2. The van der Waals surface area contributed by atoms with Crippen LogP contribution in [0.25, 0.3) is 0 Å². The van der Waals surface area contributed by atoms with Crippen molar-refractivity contribution in [1.29, 1.82) is 0 Å². The van der Waals surface area contributed by atoms with E-state index in [-0.39, 0.29) is 0 Å². The van der Waals surface area contributed by atoms with Gasteiger partial charge in [-0.15, -0.1) is 0 Å². The summed E-state index contributed by atoms with van der Waals surface area (Å²) in [6.45, 7) is 3.15. The van der Waals surface area contributed by atoms with Gasteiger partial charge in [0, 0.05) is 17.8 Å². The smallest absolute Gasteiger partial charge is 0.120 e. The van der Waals surface area contributed by atoms with Gasteiger partial charge in [-0.2, -0.15) is 0 Å². The molecule has 3 nitrogen and oxygen atoms in total. The molecule has 0 aromatic heterocycles. The van der Waals surface area contributed by atoms with Gasteiger partial charge < -0.3 is 10.8 Å². The van der Waals surface area contributed by atoms with Crippen molar-refractivity contribution in [3.8, 4) is 5.75 Å². The minimum absolute atomic E-state index is 0.371. The average Bonchev–Trinajstić information content (AvgIpc) is 2.85. The van der Waals surface area contributed by atoms with Crippen molar-refractivity contribution in [3.05, 3.63) is 23.8 Å². The normalized spacial score (nSPS) is 22.9. The van der Waals surface area contributed by atoms with Crippen LogP contribution < -0.4 is 5.73 Å². The highest BCUT2D eigenvalue weighted by Gasteiger charge is 2.36. The van der Waals surface area contributed by atoms with E-state index < -0.39 is 0 Å². The summed E-state index contributed by atoms with van der Waals surface area (Å²) in [5, 5.41) is 9.89. The van der Waals surface area contributed by atoms with E-state index in [1.165, 1.54) is 38.5 Å². The van der Waals surface area contributed by atoms with Crippen molar-refractivity contribution in [2.75, 3.05) is 18.8 Å². The Morgan fingerprint density at radius 3 is 2.47 bits per heavy atom. The number of hydrogen-bond donors (Lipinski definition) is 2. The molecule has 3 heteroatoms. The third-order valence-electron chi connectivity index (χ3n) is 5.08. The Labute approximate surface area is 115 Å².